The third-order valence-corrected chi connectivity index (χ3v) is 4.29. The number of nitrogens with one attached hydrogen (secondary N) is 1. The van der Waals surface area contributed by atoms with Crippen LogP contribution in [0, 0.1) is 0 Å². The van der Waals surface area contributed by atoms with Crippen LogP contribution < -0.4 is 5.32 Å². The Morgan fingerprint density at radius 3 is 3.18 bits per heavy atom. The lowest BCUT2D eigenvalue weighted by Gasteiger charge is -2.35. The maximum Gasteiger partial charge on any atom is 0.122 e. The molecule has 0 amide bonds. The largest absolute Gasteiger partial charge is 0.337 e. The minimum atomic E-state index is 0.686. The van der Waals surface area contributed by atoms with Crippen molar-refractivity contribution in [3.63, 3.8) is 0 Å². The molecule has 2 unspecified atom stereocenters. The summed E-state index contributed by atoms with van der Waals surface area (Å²) in [6.45, 7) is 3.51. The van der Waals surface area contributed by atoms with E-state index in [4.69, 9.17) is 0 Å². The van der Waals surface area contributed by atoms with Crippen LogP contribution in [0.25, 0.3) is 0 Å². The molecule has 2 saturated heterocycles. The highest BCUT2D eigenvalue weighted by Gasteiger charge is 2.31. The SMILES string of the molecule is Cn1ccnc1CNC1CCN2CCCC2C1. The van der Waals surface area contributed by atoms with Gasteiger partial charge >= 0.3 is 0 Å². The summed E-state index contributed by atoms with van der Waals surface area (Å²) in [6.07, 6.45) is 9.30. The molecule has 0 spiro atoms. The molecule has 0 saturated carbocycles. The van der Waals surface area contributed by atoms with Gasteiger partial charge in [-0.05, 0) is 38.8 Å². The average Bonchev–Trinajstić information content (AvgIpc) is 2.94. The van der Waals surface area contributed by atoms with Gasteiger partial charge in [0.1, 0.15) is 5.82 Å². The summed E-state index contributed by atoms with van der Waals surface area (Å²) in [6, 6.07) is 1.54. The second-order valence-electron chi connectivity index (χ2n) is 5.39. The number of rotatable bonds is 3. The van der Waals surface area contributed by atoms with E-state index in [9.17, 15) is 0 Å². The van der Waals surface area contributed by atoms with Gasteiger partial charge in [-0.25, -0.2) is 4.98 Å². The first-order valence-electron chi connectivity index (χ1n) is 6.76. The van der Waals surface area contributed by atoms with Crippen LogP contribution in [-0.2, 0) is 13.6 Å². The van der Waals surface area contributed by atoms with E-state index in [2.05, 4.69) is 26.8 Å². The third kappa shape index (κ3) is 2.38. The first kappa shape index (κ1) is 11.2. The van der Waals surface area contributed by atoms with Crippen molar-refractivity contribution in [3.05, 3.63) is 18.2 Å². The smallest absolute Gasteiger partial charge is 0.122 e. The van der Waals surface area contributed by atoms with E-state index in [-0.39, 0.29) is 0 Å². The molecule has 0 aliphatic carbocycles. The van der Waals surface area contributed by atoms with Crippen LogP contribution >= 0.6 is 0 Å². The second-order valence-corrected chi connectivity index (χ2v) is 5.39. The Hall–Kier alpha value is -0.870. The van der Waals surface area contributed by atoms with Gasteiger partial charge in [0.15, 0.2) is 0 Å². The van der Waals surface area contributed by atoms with Gasteiger partial charge in [-0.1, -0.05) is 0 Å². The van der Waals surface area contributed by atoms with Gasteiger partial charge in [-0.3, -0.25) is 0 Å². The van der Waals surface area contributed by atoms with E-state index < -0.39 is 0 Å². The Balaban J connectivity index is 1.51. The Morgan fingerprint density at radius 1 is 1.41 bits per heavy atom. The molecule has 0 aromatic carbocycles. The van der Waals surface area contributed by atoms with Gasteiger partial charge < -0.3 is 14.8 Å². The normalized spacial score (nSPS) is 29.5. The van der Waals surface area contributed by atoms with Crippen LogP contribution in [0.2, 0.25) is 0 Å². The summed E-state index contributed by atoms with van der Waals surface area (Å²) in [5.74, 6) is 1.14. The Labute approximate surface area is 103 Å². The first-order chi connectivity index (χ1) is 8.33. The van der Waals surface area contributed by atoms with E-state index >= 15 is 0 Å². The number of piperidine rings is 1. The first-order valence-corrected chi connectivity index (χ1v) is 6.76. The van der Waals surface area contributed by atoms with E-state index in [1.165, 1.54) is 38.8 Å². The van der Waals surface area contributed by atoms with E-state index in [1.54, 1.807) is 0 Å². The van der Waals surface area contributed by atoms with Crippen molar-refractivity contribution in [1.82, 2.24) is 19.8 Å². The molecule has 1 aromatic heterocycles. The predicted octanol–water partition coefficient (Wildman–Crippen LogP) is 1.14. The Bertz CT molecular complexity index is 373. The molecule has 0 bridgehead atoms. The lowest BCUT2D eigenvalue weighted by Crippen LogP contribution is -2.45. The Morgan fingerprint density at radius 2 is 2.35 bits per heavy atom. The number of nitrogens with zero attached hydrogens (tertiary/aromatic N) is 3. The lowest BCUT2D eigenvalue weighted by atomic mass is 9.97. The molecule has 4 nitrogen and oxygen atoms in total. The van der Waals surface area contributed by atoms with Crippen molar-refractivity contribution in [2.24, 2.45) is 7.05 Å². The van der Waals surface area contributed by atoms with Gasteiger partial charge in [0.25, 0.3) is 0 Å². The van der Waals surface area contributed by atoms with Gasteiger partial charge in [-0.2, -0.15) is 0 Å². The van der Waals surface area contributed by atoms with Crippen molar-refractivity contribution in [2.45, 2.75) is 44.3 Å². The van der Waals surface area contributed by atoms with Crippen LogP contribution in [0.3, 0.4) is 0 Å². The van der Waals surface area contributed by atoms with E-state index in [1.807, 2.05) is 12.4 Å². The predicted molar refractivity (Wildman–Crippen MR) is 67.7 cm³/mol. The molecule has 3 rings (SSSR count). The van der Waals surface area contributed by atoms with E-state index in [0.29, 0.717) is 6.04 Å². The Kier molecular flexibility index (Phi) is 3.16. The van der Waals surface area contributed by atoms with Crippen molar-refractivity contribution < 1.29 is 0 Å². The van der Waals surface area contributed by atoms with Gasteiger partial charge in [-0.15, -0.1) is 0 Å². The van der Waals surface area contributed by atoms with Crippen LogP contribution in [0.4, 0.5) is 0 Å². The van der Waals surface area contributed by atoms with Crippen LogP contribution in [0.5, 0.6) is 0 Å². The molecule has 94 valence electrons. The molecule has 17 heavy (non-hydrogen) atoms. The van der Waals surface area contributed by atoms with Crippen molar-refractivity contribution in [1.29, 1.82) is 0 Å². The molecule has 4 heteroatoms. The zero-order chi connectivity index (χ0) is 11.7. The zero-order valence-electron chi connectivity index (χ0n) is 10.6. The van der Waals surface area contributed by atoms with E-state index in [0.717, 1.165) is 18.4 Å². The molecule has 2 aliphatic heterocycles. The fourth-order valence-electron chi connectivity index (χ4n) is 3.21. The fourth-order valence-corrected chi connectivity index (χ4v) is 3.21. The fraction of sp³-hybridized carbons (Fsp3) is 0.769. The summed E-state index contributed by atoms with van der Waals surface area (Å²) in [4.78, 5) is 7.02. The number of imidazole rings is 1. The molecular weight excluding hydrogens is 212 g/mol. The molecule has 2 fully saturated rings. The van der Waals surface area contributed by atoms with Crippen LogP contribution in [0.1, 0.15) is 31.5 Å². The maximum atomic E-state index is 4.36. The average molecular weight is 234 g/mol. The quantitative estimate of drug-likeness (QED) is 0.851. The summed E-state index contributed by atoms with van der Waals surface area (Å²) in [5, 5.41) is 3.67. The highest BCUT2D eigenvalue weighted by Crippen LogP contribution is 2.26. The molecule has 2 aliphatic rings. The third-order valence-electron chi connectivity index (χ3n) is 4.29. The highest BCUT2D eigenvalue weighted by molar-refractivity contribution is 4.93. The van der Waals surface area contributed by atoms with Crippen molar-refractivity contribution >= 4 is 0 Å². The van der Waals surface area contributed by atoms with Crippen molar-refractivity contribution in [2.75, 3.05) is 13.1 Å². The highest BCUT2D eigenvalue weighted by atomic mass is 15.2. The maximum absolute atomic E-state index is 4.36. The molecule has 0 radical (unpaired) electrons. The lowest BCUT2D eigenvalue weighted by molar-refractivity contribution is 0.166. The number of aromatic nitrogens is 2. The minimum absolute atomic E-state index is 0.686. The summed E-state index contributed by atoms with van der Waals surface area (Å²) in [5.41, 5.74) is 0. The number of aryl methyl sites for hydroxylation is 1. The van der Waals surface area contributed by atoms with Crippen LogP contribution in [-0.4, -0.2) is 39.6 Å². The molecule has 1 N–H and O–H groups in total. The summed E-state index contributed by atoms with van der Waals surface area (Å²) < 4.78 is 2.09. The zero-order valence-corrected chi connectivity index (χ0v) is 10.6. The van der Waals surface area contributed by atoms with Gasteiger partial charge in [0.05, 0.1) is 6.54 Å². The molecular formula is C13H22N4. The minimum Gasteiger partial charge on any atom is -0.337 e. The molecule has 2 atom stereocenters. The summed E-state index contributed by atoms with van der Waals surface area (Å²) in [7, 11) is 2.06. The van der Waals surface area contributed by atoms with Gasteiger partial charge in [0.2, 0.25) is 0 Å². The molecule has 3 heterocycles. The monoisotopic (exact) mass is 234 g/mol. The standard InChI is InChI=1S/C13H22N4/c1-16-8-5-14-13(16)10-15-11-4-7-17-6-2-3-12(17)9-11/h5,8,11-12,15H,2-4,6-7,9-10H2,1H3. The van der Waals surface area contributed by atoms with Crippen LogP contribution in [0.15, 0.2) is 12.4 Å². The summed E-state index contributed by atoms with van der Waals surface area (Å²) >= 11 is 0. The topological polar surface area (TPSA) is 33.1 Å². The number of fused-ring (bicyclic) bond motifs is 1. The molecule has 1 aromatic rings. The number of hydrogen-bond acceptors (Lipinski definition) is 3. The second kappa shape index (κ2) is 4.78. The van der Waals surface area contributed by atoms with Gasteiger partial charge in [0, 0.05) is 31.5 Å². The number of hydrogen-bond donors (Lipinski definition) is 1. The van der Waals surface area contributed by atoms with Crippen molar-refractivity contribution in [3.8, 4) is 0 Å².